The predicted octanol–water partition coefficient (Wildman–Crippen LogP) is -0.617. The van der Waals surface area contributed by atoms with E-state index in [9.17, 15) is 14.4 Å². The molecule has 96 valence electrons. The lowest BCUT2D eigenvalue weighted by Crippen LogP contribution is -2.42. The zero-order chi connectivity index (χ0) is 13.6. The molecule has 0 bridgehead atoms. The maximum Gasteiger partial charge on any atom is 0.355 e. The van der Waals surface area contributed by atoms with E-state index < -0.39 is 23.4 Å². The number of nitrogens with zero attached hydrogens (tertiary/aromatic N) is 1. The minimum Gasteiger partial charge on any atom is -0.468 e. The fraction of sp³-hybridized carbons (Fsp3) is 0.556. The number of carbonyl (C=O) groups is 3. The summed E-state index contributed by atoms with van der Waals surface area (Å²) in [6.45, 7) is 2.80. The van der Waals surface area contributed by atoms with Gasteiger partial charge in [0.25, 0.3) is 0 Å². The highest BCUT2D eigenvalue weighted by Crippen LogP contribution is 2.20. The molecule has 0 rings (SSSR count). The molecule has 0 saturated carbocycles. The molecule has 3 N–H and O–H groups in total. The lowest BCUT2D eigenvalue weighted by Gasteiger charge is -2.21. The van der Waals surface area contributed by atoms with Crippen LogP contribution in [0.3, 0.4) is 0 Å². The van der Waals surface area contributed by atoms with Crippen LogP contribution in [0.4, 0.5) is 4.79 Å². The van der Waals surface area contributed by atoms with Gasteiger partial charge in [-0.1, -0.05) is 0 Å². The third-order valence-electron chi connectivity index (χ3n) is 1.94. The first kappa shape index (κ1) is 14.9. The third kappa shape index (κ3) is 3.74. The number of nitrogens with one attached hydrogen (secondary N) is 1. The summed E-state index contributed by atoms with van der Waals surface area (Å²) >= 11 is 0. The molecule has 0 radical (unpaired) electrons. The number of nitrogens with two attached hydrogens (primary N) is 1. The minimum atomic E-state index is -1.37. The molecule has 0 fully saturated rings. The Morgan fingerprint density at radius 3 is 2.06 bits per heavy atom. The van der Waals surface area contributed by atoms with Gasteiger partial charge in [0.15, 0.2) is 5.71 Å². The molecule has 0 saturated heterocycles. The van der Waals surface area contributed by atoms with E-state index in [1.54, 1.807) is 0 Å². The van der Waals surface area contributed by atoms with E-state index in [0.717, 1.165) is 7.11 Å². The number of ether oxygens (including phenoxy) is 2. The van der Waals surface area contributed by atoms with Crippen molar-refractivity contribution in [1.82, 2.24) is 5.43 Å². The van der Waals surface area contributed by atoms with Crippen molar-refractivity contribution in [3.05, 3.63) is 0 Å². The first-order valence-electron chi connectivity index (χ1n) is 4.57. The number of carbonyl (C=O) groups excluding carboxylic acids is 3. The van der Waals surface area contributed by atoms with Crippen molar-refractivity contribution in [2.24, 2.45) is 16.3 Å². The highest BCUT2D eigenvalue weighted by atomic mass is 16.5. The fourth-order valence-electron chi connectivity index (χ4n) is 1.00. The van der Waals surface area contributed by atoms with Crippen LogP contribution in [0.1, 0.15) is 13.8 Å². The zero-order valence-electron chi connectivity index (χ0n) is 10.1. The van der Waals surface area contributed by atoms with Crippen LogP contribution in [0.2, 0.25) is 0 Å². The Hall–Kier alpha value is -2.12. The number of methoxy groups -OCH3 is 2. The number of urea groups is 1. The molecule has 0 aliphatic carbocycles. The van der Waals surface area contributed by atoms with Gasteiger partial charge >= 0.3 is 18.0 Å². The van der Waals surface area contributed by atoms with E-state index in [1.807, 2.05) is 5.43 Å². The SMILES string of the molecule is COC(=O)C(=NNC(N)=O)C(C)(C)C(=O)OC. The summed E-state index contributed by atoms with van der Waals surface area (Å²) in [6.07, 6.45) is 0. The first-order chi connectivity index (χ1) is 7.77. The van der Waals surface area contributed by atoms with E-state index in [-0.39, 0.29) is 5.71 Å². The van der Waals surface area contributed by atoms with Crippen LogP contribution < -0.4 is 11.2 Å². The average Bonchev–Trinajstić information content (AvgIpc) is 2.26. The van der Waals surface area contributed by atoms with Crippen LogP contribution in [0, 0.1) is 5.41 Å². The maximum atomic E-state index is 11.5. The summed E-state index contributed by atoms with van der Waals surface area (Å²) < 4.78 is 8.98. The van der Waals surface area contributed by atoms with Crippen molar-refractivity contribution in [3.63, 3.8) is 0 Å². The summed E-state index contributed by atoms with van der Waals surface area (Å²) in [5.74, 6) is -1.57. The first-order valence-corrected chi connectivity index (χ1v) is 4.57. The lowest BCUT2D eigenvalue weighted by molar-refractivity contribution is -0.148. The Bertz CT molecular complexity index is 362. The van der Waals surface area contributed by atoms with E-state index in [4.69, 9.17) is 5.73 Å². The van der Waals surface area contributed by atoms with E-state index in [2.05, 4.69) is 14.6 Å². The third-order valence-corrected chi connectivity index (χ3v) is 1.94. The second-order valence-corrected chi connectivity index (χ2v) is 3.54. The molecule has 0 unspecified atom stereocenters. The Labute approximate surface area is 98.1 Å². The smallest absolute Gasteiger partial charge is 0.355 e. The predicted molar refractivity (Wildman–Crippen MR) is 58.0 cm³/mol. The van der Waals surface area contributed by atoms with Gasteiger partial charge in [-0.05, 0) is 13.8 Å². The summed E-state index contributed by atoms with van der Waals surface area (Å²) in [5.41, 5.74) is 4.99. The highest BCUT2D eigenvalue weighted by molar-refractivity contribution is 6.42. The topological polar surface area (TPSA) is 120 Å². The zero-order valence-corrected chi connectivity index (χ0v) is 10.1. The van der Waals surface area contributed by atoms with Gasteiger partial charge in [-0.25, -0.2) is 15.0 Å². The Morgan fingerprint density at radius 1 is 1.18 bits per heavy atom. The molecule has 0 aromatic carbocycles. The Kier molecular flexibility index (Phi) is 5.10. The largest absolute Gasteiger partial charge is 0.468 e. The molecule has 17 heavy (non-hydrogen) atoms. The average molecular weight is 245 g/mol. The molecule has 0 aliphatic heterocycles. The molecule has 0 aromatic rings. The van der Waals surface area contributed by atoms with Gasteiger partial charge in [-0.15, -0.1) is 0 Å². The van der Waals surface area contributed by atoms with Crippen molar-refractivity contribution in [3.8, 4) is 0 Å². The van der Waals surface area contributed by atoms with Gasteiger partial charge in [-0.3, -0.25) is 4.79 Å². The van der Waals surface area contributed by atoms with Crippen molar-refractivity contribution in [2.75, 3.05) is 14.2 Å². The second kappa shape index (κ2) is 5.83. The van der Waals surface area contributed by atoms with E-state index in [0.29, 0.717) is 0 Å². The van der Waals surface area contributed by atoms with E-state index >= 15 is 0 Å². The number of primary amides is 1. The van der Waals surface area contributed by atoms with Crippen LogP contribution >= 0.6 is 0 Å². The van der Waals surface area contributed by atoms with Crippen LogP contribution in [0.25, 0.3) is 0 Å². The van der Waals surface area contributed by atoms with Crippen molar-refractivity contribution >= 4 is 23.7 Å². The molecular weight excluding hydrogens is 230 g/mol. The Balaban J connectivity index is 5.31. The van der Waals surface area contributed by atoms with Crippen LogP contribution in [-0.2, 0) is 19.1 Å². The van der Waals surface area contributed by atoms with Crippen molar-refractivity contribution in [1.29, 1.82) is 0 Å². The summed E-state index contributed by atoms with van der Waals surface area (Å²) in [4.78, 5) is 33.4. The van der Waals surface area contributed by atoms with Crippen LogP contribution in [0.5, 0.6) is 0 Å². The second-order valence-electron chi connectivity index (χ2n) is 3.54. The van der Waals surface area contributed by atoms with Crippen molar-refractivity contribution in [2.45, 2.75) is 13.8 Å². The van der Waals surface area contributed by atoms with Gasteiger partial charge in [-0.2, -0.15) is 5.10 Å². The minimum absolute atomic E-state index is 0.314. The molecule has 0 spiro atoms. The van der Waals surface area contributed by atoms with Crippen LogP contribution in [0.15, 0.2) is 5.10 Å². The molecule has 0 aliphatic rings. The number of hydrazone groups is 1. The van der Waals surface area contributed by atoms with Gasteiger partial charge < -0.3 is 15.2 Å². The monoisotopic (exact) mass is 245 g/mol. The molecule has 2 amide bonds. The van der Waals surface area contributed by atoms with Gasteiger partial charge in [0.05, 0.1) is 14.2 Å². The van der Waals surface area contributed by atoms with E-state index in [1.165, 1.54) is 21.0 Å². The van der Waals surface area contributed by atoms with Gasteiger partial charge in [0.2, 0.25) is 0 Å². The number of hydrogen-bond donors (Lipinski definition) is 2. The quantitative estimate of drug-likeness (QED) is 0.388. The molecule has 0 heterocycles. The molecule has 8 nitrogen and oxygen atoms in total. The maximum absolute atomic E-state index is 11.5. The highest BCUT2D eigenvalue weighted by Gasteiger charge is 2.40. The van der Waals surface area contributed by atoms with Crippen LogP contribution in [-0.4, -0.2) is 37.9 Å². The molecule has 8 heteroatoms. The Morgan fingerprint density at radius 2 is 1.71 bits per heavy atom. The number of esters is 2. The molecular formula is C9H15N3O5. The van der Waals surface area contributed by atoms with Gasteiger partial charge in [0.1, 0.15) is 5.41 Å². The standard InChI is InChI=1S/C9H15N3O5/c1-9(2,7(14)17-4)5(6(13)16-3)11-12-8(10)15/h1-4H3,(H3,10,12,15). The van der Waals surface area contributed by atoms with Gasteiger partial charge in [0, 0.05) is 0 Å². The number of amides is 2. The summed E-state index contributed by atoms with van der Waals surface area (Å²) in [7, 11) is 2.29. The number of hydrogen-bond acceptors (Lipinski definition) is 6. The normalized spacial score (nSPS) is 11.6. The fourth-order valence-corrected chi connectivity index (χ4v) is 1.00. The summed E-state index contributed by atoms with van der Waals surface area (Å²) in [6, 6.07) is -0.966. The molecule has 0 aromatic heterocycles. The summed E-state index contributed by atoms with van der Waals surface area (Å²) in [5, 5.41) is 3.45. The molecule has 0 atom stereocenters. The van der Waals surface area contributed by atoms with Crippen molar-refractivity contribution < 1.29 is 23.9 Å². The number of rotatable bonds is 4. The lowest BCUT2D eigenvalue weighted by atomic mass is 9.87.